The molecule has 1 rings (SSSR count). The minimum Gasteiger partial charge on any atom is -0.356 e. The predicted octanol–water partition coefficient (Wildman–Crippen LogP) is 7.07. The maximum atomic E-state index is 14.3. The highest BCUT2D eigenvalue weighted by molar-refractivity contribution is 5.55. The quantitative estimate of drug-likeness (QED) is 0.503. The van der Waals surface area contributed by atoms with Gasteiger partial charge >= 0.3 is 0 Å². The third kappa shape index (κ3) is 5.99. The maximum Gasteiger partial charge on any atom is 0.130 e. The Morgan fingerprint density at radius 3 is 2.38 bits per heavy atom. The lowest BCUT2D eigenvalue weighted by molar-refractivity contribution is 0.274. The van der Waals surface area contributed by atoms with Gasteiger partial charge in [0, 0.05) is 11.4 Å². The molecule has 0 aliphatic heterocycles. The van der Waals surface area contributed by atoms with Crippen molar-refractivity contribution in [3.63, 3.8) is 0 Å². The molecule has 2 heteroatoms. The van der Waals surface area contributed by atoms with Crippen LogP contribution in [0.1, 0.15) is 64.5 Å². The minimum atomic E-state index is -1.40. The summed E-state index contributed by atoms with van der Waals surface area (Å²) < 4.78 is 14.3. The molecule has 0 radical (unpaired) electrons. The second-order valence-electron chi connectivity index (χ2n) is 6.87. The fourth-order valence-corrected chi connectivity index (χ4v) is 2.89. The zero-order valence-electron chi connectivity index (χ0n) is 16.0. The van der Waals surface area contributed by atoms with Gasteiger partial charge in [0.2, 0.25) is 0 Å². The molecule has 0 aliphatic carbocycles. The van der Waals surface area contributed by atoms with Gasteiger partial charge in [0.15, 0.2) is 0 Å². The van der Waals surface area contributed by atoms with Gasteiger partial charge in [0.05, 0.1) is 0 Å². The minimum absolute atomic E-state index is 0.567. The second kappa shape index (κ2) is 8.86. The topological polar surface area (TPSA) is 12.0 Å². The highest BCUT2D eigenvalue weighted by atomic mass is 19.1. The van der Waals surface area contributed by atoms with Gasteiger partial charge in [-0.1, -0.05) is 38.6 Å². The van der Waals surface area contributed by atoms with Crippen molar-refractivity contribution >= 4 is 5.69 Å². The first kappa shape index (κ1) is 20.2. The van der Waals surface area contributed by atoms with E-state index in [4.69, 9.17) is 0 Å². The number of aryl methyl sites for hydroxylation is 1. The van der Waals surface area contributed by atoms with Crippen LogP contribution in [0, 0.1) is 6.92 Å². The number of nitrogens with one attached hydrogen (secondary N) is 1. The van der Waals surface area contributed by atoms with Crippen LogP contribution in [0.5, 0.6) is 0 Å². The van der Waals surface area contributed by atoms with Gasteiger partial charge in [-0.2, -0.15) is 0 Å². The maximum absolute atomic E-state index is 14.3. The molecule has 0 atom stereocenters. The molecule has 24 heavy (non-hydrogen) atoms. The summed E-state index contributed by atoms with van der Waals surface area (Å²) in [5, 5.41) is 3.32. The Balaban J connectivity index is 3.06. The van der Waals surface area contributed by atoms with Crippen molar-refractivity contribution < 1.29 is 4.39 Å². The summed E-state index contributed by atoms with van der Waals surface area (Å²) in [6, 6.07) is 6.53. The van der Waals surface area contributed by atoms with Crippen LogP contribution in [0.25, 0.3) is 0 Å². The van der Waals surface area contributed by atoms with Crippen molar-refractivity contribution in [3.8, 4) is 0 Å². The summed E-state index contributed by atoms with van der Waals surface area (Å²) >= 11 is 0. The number of alkyl halides is 1. The van der Waals surface area contributed by atoms with Crippen LogP contribution in [0.4, 0.5) is 10.1 Å². The van der Waals surface area contributed by atoms with E-state index < -0.39 is 5.67 Å². The SMILES string of the molecule is C=C(/C=C(\C=C/C)C(C)(C)F)Nc1cc(C)cc(C(CC)CC)c1. The molecule has 0 saturated heterocycles. The lowest BCUT2D eigenvalue weighted by atomic mass is 9.92. The van der Waals surface area contributed by atoms with Crippen LogP contribution in [0.2, 0.25) is 0 Å². The standard InChI is InChI=1S/C22H32FN/c1-8-11-20(22(6,7)23)14-17(5)24-21-13-16(4)12-19(15-21)18(9-2)10-3/h8,11-15,18,24H,5,9-10H2,1-4,6-7H3/b11-8-,20-14+. The number of hydrogen-bond acceptors (Lipinski definition) is 1. The molecular weight excluding hydrogens is 297 g/mol. The zero-order chi connectivity index (χ0) is 18.3. The summed E-state index contributed by atoms with van der Waals surface area (Å²) in [4.78, 5) is 0. The predicted molar refractivity (Wildman–Crippen MR) is 105 cm³/mol. The molecule has 0 heterocycles. The Morgan fingerprint density at radius 1 is 1.25 bits per heavy atom. The van der Waals surface area contributed by atoms with E-state index >= 15 is 0 Å². The molecule has 0 aliphatic rings. The first-order chi connectivity index (χ1) is 11.2. The summed E-state index contributed by atoms with van der Waals surface area (Å²) in [6.07, 6.45) is 7.67. The molecule has 0 bridgehead atoms. The number of anilines is 1. The summed E-state index contributed by atoms with van der Waals surface area (Å²) in [7, 11) is 0. The van der Waals surface area contributed by atoms with Gasteiger partial charge in [-0.25, -0.2) is 4.39 Å². The number of benzene rings is 1. The van der Waals surface area contributed by atoms with Crippen LogP contribution in [0.3, 0.4) is 0 Å². The van der Waals surface area contributed by atoms with Crippen LogP contribution in [0.15, 0.2) is 54.3 Å². The van der Waals surface area contributed by atoms with Crippen molar-refractivity contribution in [1.82, 2.24) is 0 Å². The third-order valence-corrected chi connectivity index (χ3v) is 4.22. The van der Waals surface area contributed by atoms with E-state index in [1.54, 1.807) is 26.0 Å². The lowest BCUT2D eigenvalue weighted by Gasteiger charge is -2.18. The Morgan fingerprint density at radius 2 is 1.88 bits per heavy atom. The molecule has 0 spiro atoms. The van der Waals surface area contributed by atoms with Crippen molar-refractivity contribution in [3.05, 3.63) is 65.4 Å². The summed E-state index contributed by atoms with van der Waals surface area (Å²) in [6.45, 7) is 15.6. The van der Waals surface area contributed by atoms with E-state index in [1.807, 2.05) is 13.0 Å². The summed E-state index contributed by atoms with van der Waals surface area (Å²) in [5.74, 6) is 0.567. The van der Waals surface area contributed by atoms with E-state index in [9.17, 15) is 4.39 Å². The molecule has 0 unspecified atom stereocenters. The number of allylic oxidation sites excluding steroid dienone is 4. The molecule has 0 fully saturated rings. The van der Waals surface area contributed by atoms with E-state index in [0.29, 0.717) is 17.2 Å². The van der Waals surface area contributed by atoms with Gasteiger partial charge in [0.25, 0.3) is 0 Å². The van der Waals surface area contributed by atoms with Gasteiger partial charge < -0.3 is 5.32 Å². The van der Waals surface area contributed by atoms with Gasteiger partial charge in [0.1, 0.15) is 5.67 Å². The Hall–Kier alpha value is -1.83. The van der Waals surface area contributed by atoms with E-state index in [0.717, 1.165) is 18.5 Å². The average molecular weight is 330 g/mol. The van der Waals surface area contributed by atoms with Crippen LogP contribution >= 0.6 is 0 Å². The Bertz CT molecular complexity index is 613. The average Bonchev–Trinajstić information content (AvgIpc) is 2.46. The van der Waals surface area contributed by atoms with Crippen molar-refractivity contribution in [2.24, 2.45) is 0 Å². The highest BCUT2D eigenvalue weighted by Crippen LogP contribution is 2.28. The van der Waals surface area contributed by atoms with Gasteiger partial charge in [-0.3, -0.25) is 0 Å². The van der Waals surface area contributed by atoms with Crippen LogP contribution < -0.4 is 5.32 Å². The van der Waals surface area contributed by atoms with Gasteiger partial charge in [-0.15, -0.1) is 0 Å². The molecule has 1 N–H and O–H groups in total. The zero-order valence-corrected chi connectivity index (χ0v) is 16.0. The molecule has 1 nitrogen and oxygen atoms in total. The summed E-state index contributed by atoms with van der Waals surface area (Å²) in [5.41, 5.74) is 3.47. The molecule has 0 amide bonds. The van der Waals surface area contributed by atoms with E-state index in [1.165, 1.54) is 11.1 Å². The molecule has 0 saturated carbocycles. The van der Waals surface area contributed by atoms with Gasteiger partial charge in [-0.05, 0) is 81.4 Å². The first-order valence-electron chi connectivity index (χ1n) is 8.82. The number of rotatable bonds is 8. The molecule has 1 aromatic carbocycles. The van der Waals surface area contributed by atoms with Crippen molar-refractivity contribution in [2.75, 3.05) is 5.32 Å². The molecule has 0 aromatic heterocycles. The van der Waals surface area contributed by atoms with E-state index in [-0.39, 0.29) is 0 Å². The van der Waals surface area contributed by atoms with Crippen LogP contribution in [-0.2, 0) is 0 Å². The largest absolute Gasteiger partial charge is 0.356 e. The monoisotopic (exact) mass is 329 g/mol. The molecular formula is C22H32FN. The third-order valence-electron chi connectivity index (χ3n) is 4.22. The Labute approximate surface area is 147 Å². The lowest BCUT2D eigenvalue weighted by Crippen LogP contribution is -2.15. The molecule has 132 valence electrons. The first-order valence-corrected chi connectivity index (χ1v) is 8.82. The highest BCUT2D eigenvalue weighted by Gasteiger charge is 2.19. The Kier molecular flexibility index (Phi) is 7.47. The fourth-order valence-electron chi connectivity index (χ4n) is 2.89. The van der Waals surface area contributed by atoms with Crippen LogP contribution in [-0.4, -0.2) is 5.67 Å². The van der Waals surface area contributed by atoms with Crippen molar-refractivity contribution in [2.45, 2.75) is 66.0 Å². The molecule has 1 aromatic rings. The second-order valence-corrected chi connectivity index (χ2v) is 6.87. The smallest absolute Gasteiger partial charge is 0.130 e. The van der Waals surface area contributed by atoms with Crippen molar-refractivity contribution in [1.29, 1.82) is 0 Å². The number of hydrogen-bond donors (Lipinski definition) is 1. The number of halogens is 1. The van der Waals surface area contributed by atoms with E-state index in [2.05, 4.69) is 50.9 Å². The normalized spacial score (nSPS) is 12.9. The fraction of sp³-hybridized carbons (Fsp3) is 0.455.